The van der Waals surface area contributed by atoms with Crippen LogP contribution in [0.3, 0.4) is 0 Å². The van der Waals surface area contributed by atoms with Crippen LogP contribution in [0.2, 0.25) is 0 Å². The average Bonchev–Trinajstić information content (AvgIpc) is 3.01. The summed E-state index contributed by atoms with van der Waals surface area (Å²) in [6, 6.07) is 10.3. The molecule has 1 heterocycles. The summed E-state index contributed by atoms with van der Waals surface area (Å²) in [6.45, 7) is 1.95. The zero-order valence-corrected chi connectivity index (χ0v) is 12.3. The zero-order chi connectivity index (χ0) is 15.8. The van der Waals surface area contributed by atoms with Crippen LogP contribution in [0.5, 0.6) is 0 Å². The number of H-pyrrole nitrogens is 1. The van der Waals surface area contributed by atoms with E-state index in [4.69, 9.17) is 0 Å². The first-order chi connectivity index (χ1) is 10.7. The predicted molar refractivity (Wildman–Crippen MR) is 85.8 cm³/mol. The van der Waals surface area contributed by atoms with E-state index in [1.54, 1.807) is 30.5 Å². The molecule has 2 rings (SSSR count). The van der Waals surface area contributed by atoms with Crippen LogP contribution < -0.4 is 10.7 Å². The first kappa shape index (κ1) is 15.5. The number of carbonyl (C=O) groups is 2. The molecule has 0 radical (unpaired) electrons. The molecular weight excluding hydrogens is 280 g/mol. The minimum absolute atomic E-state index is 0.0322. The number of aromatic nitrogens is 1. The lowest BCUT2D eigenvalue weighted by Crippen LogP contribution is -2.17. The van der Waals surface area contributed by atoms with Gasteiger partial charge >= 0.3 is 0 Å². The van der Waals surface area contributed by atoms with E-state index >= 15 is 0 Å². The minimum atomic E-state index is -0.311. The van der Waals surface area contributed by atoms with Gasteiger partial charge in [0.2, 0.25) is 5.91 Å². The first-order valence-corrected chi connectivity index (χ1v) is 7.05. The molecule has 2 aromatic rings. The second-order valence-corrected chi connectivity index (χ2v) is 4.70. The van der Waals surface area contributed by atoms with Crippen LogP contribution in [0.1, 0.15) is 35.8 Å². The molecule has 6 nitrogen and oxygen atoms in total. The van der Waals surface area contributed by atoms with Crippen molar-refractivity contribution >= 4 is 23.7 Å². The maximum atomic E-state index is 11.9. The highest BCUT2D eigenvalue weighted by Gasteiger charge is 2.05. The number of hydrazone groups is 1. The van der Waals surface area contributed by atoms with Gasteiger partial charge in [-0.15, -0.1) is 0 Å². The number of carbonyl (C=O) groups excluding carboxylic acids is 2. The molecule has 0 aliphatic rings. The topological polar surface area (TPSA) is 86.3 Å². The van der Waals surface area contributed by atoms with Gasteiger partial charge in [-0.25, -0.2) is 5.43 Å². The molecule has 0 spiro atoms. The lowest BCUT2D eigenvalue weighted by Gasteiger charge is -2.05. The molecular formula is C16H18N4O2. The molecule has 1 aromatic carbocycles. The van der Waals surface area contributed by atoms with Crippen molar-refractivity contribution in [2.75, 3.05) is 5.32 Å². The monoisotopic (exact) mass is 298 g/mol. The third-order valence-corrected chi connectivity index (χ3v) is 2.90. The van der Waals surface area contributed by atoms with E-state index in [0.717, 1.165) is 12.1 Å². The molecule has 2 amide bonds. The third-order valence-electron chi connectivity index (χ3n) is 2.90. The number of hydrogen-bond donors (Lipinski definition) is 3. The molecule has 3 N–H and O–H groups in total. The molecule has 114 valence electrons. The molecule has 0 aliphatic carbocycles. The molecule has 1 aromatic heterocycles. The maximum absolute atomic E-state index is 11.9. The van der Waals surface area contributed by atoms with E-state index in [0.29, 0.717) is 17.7 Å². The summed E-state index contributed by atoms with van der Waals surface area (Å²) >= 11 is 0. The second-order valence-electron chi connectivity index (χ2n) is 4.70. The van der Waals surface area contributed by atoms with Crippen molar-refractivity contribution in [2.24, 2.45) is 5.10 Å². The summed E-state index contributed by atoms with van der Waals surface area (Å²) in [5.74, 6) is -0.343. The molecule has 0 fully saturated rings. The van der Waals surface area contributed by atoms with Gasteiger partial charge in [0.1, 0.15) is 0 Å². The van der Waals surface area contributed by atoms with Crippen LogP contribution in [0, 0.1) is 0 Å². The highest BCUT2D eigenvalue weighted by Crippen LogP contribution is 2.10. The zero-order valence-electron chi connectivity index (χ0n) is 12.3. The Labute approximate surface area is 128 Å². The predicted octanol–water partition coefficient (Wildman–Crippen LogP) is 2.52. The Hall–Kier alpha value is -2.89. The Morgan fingerprint density at radius 3 is 2.64 bits per heavy atom. The molecule has 0 unspecified atom stereocenters. The van der Waals surface area contributed by atoms with Gasteiger partial charge in [-0.05, 0) is 42.8 Å². The Morgan fingerprint density at radius 1 is 1.23 bits per heavy atom. The van der Waals surface area contributed by atoms with Gasteiger partial charge < -0.3 is 10.3 Å². The largest absolute Gasteiger partial charge is 0.360 e. The number of anilines is 1. The Balaban J connectivity index is 1.89. The minimum Gasteiger partial charge on any atom is -0.360 e. The van der Waals surface area contributed by atoms with Gasteiger partial charge in [-0.1, -0.05) is 6.92 Å². The van der Waals surface area contributed by atoms with Crippen LogP contribution in [0.25, 0.3) is 0 Å². The molecule has 0 saturated carbocycles. The van der Waals surface area contributed by atoms with Crippen molar-refractivity contribution in [2.45, 2.75) is 19.8 Å². The van der Waals surface area contributed by atoms with Crippen molar-refractivity contribution in [1.29, 1.82) is 0 Å². The van der Waals surface area contributed by atoms with E-state index in [1.807, 2.05) is 19.1 Å². The van der Waals surface area contributed by atoms with Crippen LogP contribution in [-0.2, 0) is 4.79 Å². The molecule has 6 heteroatoms. The Morgan fingerprint density at radius 2 is 2.00 bits per heavy atom. The van der Waals surface area contributed by atoms with Gasteiger partial charge in [0.05, 0.1) is 11.9 Å². The van der Waals surface area contributed by atoms with E-state index in [9.17, 15) is 9.59 Å². The van der Waals surface area contributed by atoms with Gasteiger partial charge in [0.15, 0.2) is 0 Å². The SMILES string of the molecule is CCCC(=O)Nc1ccc(C(=O)N/N=C\c2ccc[nH]2)cc1. The van der Waals surface area contributed by atoms with E-state index in [-0.39, 0.29) is 11.8 Å². The van der Waals surface area contributed by atoms with Crippen LogP contribution in [0.4, 0.5) is 5.69 Å². The number of aromatic amines is 1. The number of amides is 2. The fraction of sp³-hybridized carbons (Fsp3) is 0.188. The lowest BCUT2D eigenvalue weighted by atomic mass is 10.2. The van der Waals surface area contributed by atoms with E-state index in [1.165, 1.54) is 6.21 Å². The number of benzene rings is 1. The highest BCUT2D eigenvalue weighted by molar-refractivity contribution is 5.96. The molecule has 22 heavy (non-hydrogen) atoms. The van der Waals surface area contributed by atoms with Gasteiger partial charge in [-0.3, -0.25) is 9.59 Å². The first-order valence-electron chi connectivity index (χ1n) is 7.05. The normalized spacial score (nSPS) is 10.6. The summed E-state index contributed by atoms with van der Waals surface area (Å²) in [7, 11) is 0. The van der Waals surface area contributed by atoms with Crippen molar-refractivity contribution in [3.8, 4) is 0 Å². The smallest absolute Gasteiger partial charge is 0.271 e. The van der Waals surface area contributed by atoms with Crippen molar-refractivity contribution in [3.05, 3.63) is 53.9 Å². The molecule has 0 saturated heterocycles. The van der Waals surface area contributed by atoms with Gasteiger partial charge in [0, 0.05) is 23.9 Å². The average molecular weight is 298 g/mol. The molecule has 0 aliphatic heterocycles. The fourth-order valence-corrected chi connectivity index (χ4v) is 1.81. The Kier molecular flexibility index (Phi) is 5.48. The van der Waals surface area contributed by atoms with Crippen LogP contribution >= 0.6 is 0 Å². The van der Waals surface area contributed by atoms with E-state index < -0.39 is 0 Å². The molecule has 0 atom stereocenters. The summed E-state index contributed by atoms with van der Waals surface area (Å²) in [6.07, 6.45) is 4.58. The third kappa shape index (κ3) is 4.59. The number of hydrogen-bond acceptors (Lipinski definition) is 3. The number of nitrogens with zero attached hydrogens (tertiary/aromatic N) is 1. The van der Waals surface area contributed by atoms with E-state index in [2.05, 4.69) is 20.8 Å². The number of nitrogens with one attached hydrogen (secondary N) is 3. The van der Waals surface area contributed by atoms with Crippen molar-refractivity contribution in [1.82, 2.24) is 10.4 Å². The van der Waals surface area contributed by atoms with Crippen molar-refractivity contribution < 1.29 is 9.59 Å². The summed E-state index contributed by atoms with van der Waals surface area (Å²) in [5.41, 5.74) is 4.38. The van der Waals surface area contributed by atoms with Crippen LogP contribution in [-0.4, -0.2) is 23.0 Å². The Bertz CT molecular complexity index is 645. The van der Waals surface area contributed by atoms with Gasteiger partial charge in [-0.2, -0.15) is 5.10 Å². The molecule has 0 bridgehead atoms. The standard InChI is InChI=1S/C16H18N4O2/c1-2-4-15(21)19-13-8-6-12(7-9-13)16(22)20-18-11-14-5-3-10-17-14/h3,5-11,17H,2,4H2,1H3,(H,19,21)(H,20,22)/b18-11-. The number of rotatable bonds is 6. The summed E-state index contributed by atoms with van der Waals surface area (Å²) in [4.78, 5) is 26.3. The second kappa shape index (κ2) is 7.78. The fourth-order valence-electron chi connectivity index (χ4n) is 1.81. The highest BCUT2D eigenvalue weighted by atomic mass is 16.2. The lowest BCUT2D eigenvalue weighted by molar-refractivity contribution is -0.116. The summed E-state index contributed by atoms with van der Waals surface area (Å²) in [5, 5.41) is 6.63. The van der Waals surface area contributed by atoms with Crippen LogP contribution in [0.15, 0.2) is 47.7 Å². The maximum Gasteiger partial charge on any atom is 0.271 e. The quantitative estimate of drug-likeness (QED) is 0.565. The van der Waals surface area contributed by atoms with Gasteiger partial charge in [0.25, 0.3) is 5.91 Å². The summed E-state index contributed by atoms with van der Waals surface area (Å²) < 4.78 is 0. The van der Waals surface area contributed by atoms with Crippen molar-refractivity contribution in [3.63, 3.8) is 0 Å².